The minimum Gasteiger partial charge on any atom is -0.328 e. The Labute approximate surface area is 132 Å². The van der Waals surface area contributed by atoms with Crippen LogP contribution in [0.3, 0.4) is 0 Å². The first kappa shape index (κ1) is 17.2. The lowest BCUT2D eigenvalue weighted by atomic mass is 9.85. The van der Waals surface area contributed by atoms with Gasteiger partial charge in [-0.05, 0) is 41.3 Å². The van der Waals surface area contributed by atoms with Gasteiger partial charge in [0.15, 0.2) is 0 Å². The van der Waals surface area contributed by atoms with Gasteiger partial charge < -0.3 is 15.6 Å². The average Bonchev–Trinajstić information content (AvgIpc) is 2.36. The van der Waals surface area contributed by atoms with Crippen molar-refractivity contribution in [3.05, 3.63) is 27.1 Å². The molecule has 1 saturated carbocycles. The van der Waals surface area contributed by atoms with Crippen LogP contribution >= 0.6 is 28.3 Å². The number of aromatic nitrogens is 1. The Kier molecular flexibility index (Phi) is 6.23. The van der Waals surface area contributed by atoms with Gasteiger partial charge in [-0.25, -0.2) is 0 Å². The summed E-state index contributed by atoms with van der Waals surface area (Å²) in [6, 6.07) is 1.75. The zero-order valence-corrected chi connectivity index (χ0v) is 13.7. The molecule has 20 heavy (non-hydrogen) atoms. The molecule has 2 unspecified atom stereocenters. The van der Waals surface area contributed by atoms with Gasteiger partial charge in [0, 0.05) is 25.2 Å². The Balaban J connectivity index is 0.00000200. The quantitative estimate of drug-likeness (QED) is 0.843. The second-order valence-electron chi connectivity index (χ2n) is 5.11. The van der Waals surface area contributed by atoms with Crippen LogP contribution in [0, 0.1) is 5.92 Å². The topological polar surface area (TPSA) is 77.1 Å². The molecule has 1 aliphatic rings. The van der Waals surface area contributed by atoms with Gasteiger partial charge in [-0.3, -0.25) is 9.59 Å². The summed E-state index contributed by atoms with van der Waals surface area (Å²) < 4.78 is 1.87. The van der Waals surface area contributed by atoms with E-state index in [0.29, 0.717) is 10.2 Å². The Hall–Kier alpha value is -0.850. The molecule has 1 amide bonds. The van der Waals surface area contributed by atoms with Gasteiger partial charge in [0.05, 0.1) is 10.2 Å². The normalized spacial score (nSPS) is 21.9. The number of nitrogens with one attached hydrogen (secondary N) is 1. The minimum atomic E-state index is -0.127. The number of rotatable bonds is 2. The fraction of sp³-hybridized carbons (Fsp3) is 0.538. The first-order chi connectivity index (χ1) is 8.97. The van der Waals surface area contributed by atoms with E-state index in [1.807, 2.05) is 0 Å². The maximum atomic E-state index is 12.2. The summed E-state index contributed by atoms with van der Waals surface area (Å²) in [5, 5.41) is 2.86. The Morgan fingerprint density at radius 1 is 1.50 bits per heavy atom. The molecule has 0 aliphatic heterocycles. The van der Waals surface area contributed by atoms with Gasteiger partial charge in [-0.1, -0.05) is 6.42 Å². The van der Waals surface area contributed by atoms with Crippen LogP contribution in [0.15, 0.2) is 21.5 Å². The van der Waals surface area contributed by atoms with E-state index in [4.69, 9.17) is 5.73 Å². The largest absolute Gasteiger partial charge is 0.328 e. The van der Waals surface area contributed by atoms with Crippen molar-refractivity contribution < 1.29 is 4.79 Å². The highest BCUT2D eigenvalue weighted by Gasteiger charge is 2.25. The van der Waals surface area contributed by atoms with Gasteiger partial charge in [-0.2, -0.15) is 0 Å². The average molecular weight is 365 g/mol. The van der Waals surface area contributed by atoms with Crippen LogP contribution < -0.4 is 16.6 Å². The van der Waals surface area contributed by atoms with Crippen molar-refractivity contribution in [3.63, 3.8) is 0 Å². The number of nitrogens with two attached hydrogens (primary N) is 1. The predicted octanol–water partition coefficient (Wildman–Crippen LogP) is 2.03. The van der Waals surface area contributed by atoms with Crippen molar-refractivity contribution in [2.75, 3.05) is 5.32 Å². The maximum Gasteiger partial charge on any atom is 0.264 e. The maximum absolute atomic E-state index is 12.2. The van der Waals surface area contributed by atoms with E-state index >= 15 is 0 Å². The predicted molar refractivity (Wildman–Crippen MR) is 85.2 cm³/mol. The number of aryl methyl sites for hydroxylation is 1. The monoisotopic (exact) mass is 363 g/mol. The van der Waals surface area contributed by atoms with Gasteiger partial charge in [0.2, 0.25) is 5.91 Å². The number of nitrogens with zero attached hydrogens (tertiary/aromatic N) is 1. The van der Waals surface area contributed by atoms with Crippen LogP contribution in [-0.2, 0) is 11.8 Å². The molecule has 3 N–H and O–H groups in total. The van der Waals surface area contributed by atoms with Crippen LogP contribution in [0.5, 0.6) is 0 Å². The third-order valence-electron chi connectivity index (χ3n) is 3.49. The van der Waals surface area contributed by atoms with Crippen molar-refractivity contribution in [2.24, 2.45) is 18.7 Å². The number of anilines is 1. The van der Waals surface area contributed by atoms with Gasteiger partial charge >= 0.3 is 0 Å². The van der Waals surface area contributed by atoms with E-state index in [1.54, 1.807) is 19.3 Å². The van der Waals surface area contributed by atoms with Crippen LogP contribution in [0.25, 0.3) is 0 Å². The number of hydrogen-bond donors (Lipinski definition) is 2. The highest BCUT2D eigenvalue weighted by Crippen LogP contribution is 2.24. The molecule has 1 aromatic rings. The number of hydrogen-bond acceptors (Lipinski definition) is 3. The van der Waals surface area contributed by atoms with Crippen LogP contribution in [-0.4, -0.2) is 16.5 Å². The molecule has 1 heterocycles. The van der Waals surface area contributed by atoms with Crippen molar-refractivity contribution in [1.29, 1.82) is 0 Å². The second kappa shape index (κ2) is 7.24. The Morgan fingerprint density at radius 3 is 2.80 bits per heavy atom. The van der Waals surface area contributed by atoms with E-state index in [1.165, 1.54) is 4.57 Å². The number of pyridine rings is 1. The first-order valence-electron chi connectivity index (χ1n) is 6.40. The van der Waals surface area contributed by atoms with E-state index in [2.05, 4.69) is 21.2 Å². The van der Waals surface area contributed by atoms with E-state index in [0.717, 1.165) is 25.7 Å². The molecule has 0 saturated heterocycles. The fourth-order valence-corrected chi connectivity index (χ4v) is 2.98. The summed E-state index contributed by atoms with van der Waals surface area (Å²) in [5.41, 5.74) is 6.39. The van der Waals surface area contributed by atoms with Crippen molar-refractivity contribution in [1.82, 2.24) is 4.57 Å². The fourth-order valence-electron chi connectivity index (χ4n) is 2.45. The molecule has 7 heteroatoms. The summed E-state index contributed by atoms with van der Waals surface area (Å²) >= 11 is 3.19. The van der Waals surface area contributed by atoms with Crippen molar-refractivity contribution in [2.45, 2.75) is 31.7 Å². The molecule has 1 aliphatic carbocycles. The van der Waals surface area contributed by atoms with E-state index < -0.39 is 0 Å². The third kappa shape index (κ3) is 4.07. The van der Waals surface area contributed by atoms with Crippen LogP contribution in [0.2, 0.25) is 0 Å². The standard InChI is InChI=1S/C13H18BrN3O2.ClH/c1-17-7-10(6-11(14)13(17)19)16-12(18)8-3-2-4-9(15)5-8;/h6-9H,2-5,15H2,1H3,(H,16,18);1H. The minimum absolute atomic E-state index is 0. The van der Waals surface area contributed by atoms with Gasteiger partial charge in [-0.15, -0.1) is 12.4 Å². The molecule has 0 radical (unpaired) electrons. The lowest BCUT2D eigenvalue weighted by Crippen LogP contribution is -2.34. The zero-order valence-electron chi connectivity index (χ0n) is 11.3. The summed E-state index contributed by atoms with van der Waals surface area (Å²) in [6.07, 6.45) is 5.23. The molecule has 1 fully saturated rings. The van der Waals surface area contributed by atoms with Crippen molar-refractivity contribution in [3.8, 4) is 0 Å². The lowest BCUT2D eigenvalue weighted by Gasteiger charge is -2.25. The molecule has 2 atom stereocenters. The van der Waals surface area contributed by atoms with Gasteiger partial charge in [0.25, 0.3) is 5.56 Å². The summed E-state index contributed by atoms with van der Waals surface area (Å²) in [4.78, 5) is 23.7. The number of carbonyl (C=O) groups excluding carboxylic acids is 1. The number of halogens is 2. The number of amides is 1. The molecule has 112 valence electrons. The molecular formula is C13H19BrClN3O2. The zero-order chi connectivity index (χ0) is 14.0. The molecular weight excluding hydrogens is 346 g/mol. The summed E-state index contributed by atoms with van der Waals surface area (Å²) in [5.74, 6) is -0.0412. The smallest absolute Gasteiger partial charge is 0.264 e. The molecule has 1 aromatic heterocycles. The number of carbonyl (C=O) groups is 1. The van der Waals surface area contributed by atoms with Crippen molar-refractivity contribution >= 4 is 39.9 Å². The summed E-state index contributed by atoms with van der Waals surface area (Å²) in [6.45, 7) is 0. The molecule has 0 bridgehead atoms. The summed E-state index contributed by atoms with van der Waals surface area (Å²) in [7, 11) is 1.65. The van der Waals surface area contributed by atoms with Crippen LogP contribution in [0.1, 0.15) is 25.7 Å². The molecule has 5 nitrogen and oxygen atoms in total. The third-order valence-corrected chi connectivity index (χ3v) is 4.06. The molecule has 0 aromatic carbocycles. The Morgan fingerprint density at radius 2 is 2.20 bits per heavy atom. The lowest BCUT2D eigenvalue weighted by molar-refractivity contribution is -0.120. The molecule has 0 spiro atoms. The Bertz CT molecular complexity index is 521. The van der Waals surface area contributed by atoms with E-state index in [-0.39, 0.29) is 35.8 Å². The molecule has 2 rings (SSSR count). The van der Waals surface area contributed by atoms with Crippen LogP contribution in [0.4, 0.5) is 5.69 Å². The highest BCUT2D eigenvalue weighted by atomic mass is 79.9. The second-order valence-corrected chi connectivity index (χ2v) is 5.96. The van der Waals surface area contributed by atoms with Gasteiger partial charge in [0.1, 0.15) is 0 Å². The highest BCUT2D eigenvalue weighted by molar-refractivity contribution is 9.10. The first-order valence-corrected chi connectivity index (χ1v) is 7.19. The van der Waals surface area contributed by atoms with E-state index in [9.17, 15) is 9.59 Å². The SMILES string of the molecule is Cl.Cn1cc(NC(=O)C2CCCC(N)C2)cc(Br)c1=O.